The second kappa shape index (κ2) is 8.68. The first-order valence-electron chi connectivity index (χ1n) is 9.75. The van der Waals surface area contributed by atoms with Gasteiger partial charge in [0, 0.05) is 17.5 Å². The smallest absolute Gasteiger partial charge is 0.313 e. The highest BCUT2D eigenvalue weighted by Gasteiger charge is 2.44. The van der Waals surface area contributed by atoms with Crippen LogP contribution in [-0.4, -0.2) is 29.8 Å². The van der Waals surface area contributed by atoms with Gasteiger partial charge in [0.25, 0.3) is 0 Å². The summed E-state index contributed by atoms with van der Waals surface area (Å²) >= 11 is 0. The first-order valence-corrected chi connectivity index (χ1v) is 9.75. The standard InChI is InChI=1S/C22H31NO4/c1-5-16-8-10-17(11-9-16)18(24)15-27-20(26)22(12-6-7-13-22)14-19(25)23-21(2,3)4/h8-11H,5-7,12-15H2,1-4H3,(H,23,25). The third-order valence-corrected chi connectivity index (χ3v) is 5.03. The Bertz CT molecular complexity index is 679. The highest BCUT2D eigenvalue weighted by Crippen LogP contribution is 2.42. The summed E-state index contributed by atoms with van der Waals surface area (Å²) in [7, 11) is 0. The Labute approximate surface area is 161 Å². The van der Waals surface area contributed by atoms with E-state index in [-0.39, 0.29) is 30.3 Å². The molecule has 0 radical (unpaired) electrons. The number of rotatable bonds is 7. The van der Waals surface area contributed by atoms with Gasteiger partial charge in [-0.15, -0.1) is 0 Å². The third-order valence-electron chi connectivity index (χ3n) is 5.03. The summed E-state index contributed by atoms with van der Waals surface area (Å²) in [5.74, 6) is -0.802. The number of esters is 1. The third kappa shape index (κ3) is 5.91. The molecule has 5 heteroatoms. The molecule has 1 fully saturated rings. The van der Waals surface area contributed by atoms with Crippen molar-refractivity contribution in [2.75, 3.05) is 6.61 Å². The summed E-state index contributed by atoms with van der Waals surface area (Å²) in [6.07, 6.45) is 4.06. The highest BCUT2D eigenvalue weighted by atomic mass is 16.5. The molecular formula is C22H31NO4. The first kappa shape index (κ1) is 21.1. The fraction of sp³-hybridized carbons (Fsp3) is 0.591. The Kier molecular flexibility index (Phi) is 6.79. The van der Waals surface area contributed by atoms with Crippen molar-refractivity contribution in [3.8, 4) is 0 Å². The van der Waals surface area contributed by atoms with Gasteiger partial charge in [-0.3, -0.25) is 14.4 Å². The summed E-state index contributed by atoms with van der Waals surface area (Å²) in [5.41, 5.74) is 0.535. The molecule has 0 saturated heterocycles. The van der Waals surface area contributed by atoms with Crippen molar-refractivity contribution in [3.05, 3.63) is 35.4 Å². The molecule has 1 aromatic rings. The summed E-state index contributed by atoms with van der Waals surface area (Å²) in [6.45, 7) is 7.50. The van der Waals surface area contributed by atoms with Crippen LogP contribution in [0.4, 0.5) is 0 Å². The number of aryl methyl sites for hydroxylation is 1. The van der Waals surface area contributed by atoms with Crippen LogP contribution in [0.1, 0.15) is 75.7 Å². The minimum atomic E-state index is -0.804. The predicted molar refractivity (Wildman–Crippen MR) is 105 cm³/mol. The van der Waals surface area contributed by atoms with E-state index >= 15 is 0 Å². The molecule has 1 aliphatic rings. The van der Waals surface area contributed by atoms with Gasteiger partial charge in [0.1, 0.15) is 0 Å². The minimum Gasteiger partial charge on any atom is -0.457 e. The van der Waals surface area contributed by atoms with E-state index in [4.69, 9.17) is 4.74 Å². The number of Topliss-reactive ketones (excluding diaryl/α,β-unsaturated/α-hetero) is 1. The number of hydrogen-bond acceptors (Lipinski definition) is 4. The van der Waals surface area contributed by atoms with Gasteiger partial charge >= 0.3 is 5.97 Å². The van der Waals surface area contributed by atoms with Gasteiger partial charge < -0.3 is 10.1 Å². The monoisotopic (exact) mass is 373 g/mol. The Morgan fingerprint density at radius 1 is 1.07 bits per heavy atom. The number of benzene rings is 1. The van der Waals surface area contributed by atoms with Gasteiger partial charge in [-0.05, 0) is 45.6 Å². The lowest BCUT2D eigenvalue weighted by Crippen LogP contribution is -2.44. The minimum absolute atomic E-state index is 0.114. The number of ketones is 1. The van der Waals surface area contributed by atoms with Gasteiger partial charge in [0.2, 0.25) is 5.91 Å². The molecule has 0 aromatic heterocycles. The van der Waals surface area contributed by atoms with Crippen LogP contribution in [0.2, 0.25) is 0 Å². The van der Waals surface area contributed by atoms with Crippen LogP contribution in [-0.2, 0) is 20.7 Å². The topological polar surface area (TPSA) is 72.5 Å². The van der Waals surface area contributed by atoms with Gasteiger partial charge in [-0.2, -0.15) is 0 Å². The molecule has 148 valence electrons. The van der Waals surface area contributed by atoms with Crippen LogP contribution in [0, 0.1) is 5.41 Å². The zero-order chi connectivity index (χ0) is 20.1. The number of carbonyl (C=O) groups excluding carboxylic acids is 3. The Hall–Kier alpha value is -2.17. The number of hydrogen-bond donors (Lipinski definition) is 1. The van der Waals surface area contributed by atoms with E-state index in [1.165, 1.54) is 0 Å². The lowest BCUT2D eigenvalue weighted by atomic mass is 9.82. The van der Waals surface area contributed by atoms with Crippen LogP contribution in [0.15, 0.2) is 24.3 Å². The van der Waals surface area contributed by atoms with Crippen LogP contribution in [0.5, 0.6) is 0 Å². The average molecular weight is 373 g/mol. The van der Waals surface area contributed by atoms with E-state index < -0.39 is 11.4 Å². The fourth-order valence-electron chi connectivity index (χ4n) is 3.57. The van der Waals surface area contributed by atoms with Gasteiger partial charge in [0.15, 0.2) is 12.4 Å². The average Bonchev–Trinajstić information content (AvgIpc) is 3.07. The van der Waals surface area contributed by atoms with E-state index in [0.29, 0.717) is 18.4 Å². The van der Waals surface area contributed by atoms with Crippen molar-refractivity contribution in [3.63, 3.8) is 0 Å². The summed E-state index contributed by atoms with van der Waals surface area (Å²) in [5, 5.41) is 2.91. The van der Waals surface area contributed by atoms with Crippen molar-refractivity contribution in [2.24, 2.45) is 5.41 Å². The van der Waals surface area contributed by atoms with Gasteiger partial charge in [-0.1, -0.05) is 44.0 Å². The molecule has 0 aliphatic heterocycles. The molecule has 27 heavy (non-hydrogen) atoms. The molecule has 5 nitrogen and oxygen atoms in total. The van der Waals surface area contributed by atoms with Crippen LogP contribution in [0.25, 0.3) is 0 Å². The van der Waals surface area contributed by atoms with E-state index in [2.05, 4.69) is 12.2 Å². The van der Waals surface area contributed by atoms with E-state index in [0.717, 1.165) is 24.8 Å². The maximum absolute atomic E-state index is 12.8. The summed E-state index contributed by atoms with van der Waals surface area (Å²) in [6, 6.07) is 7.34. The molecule has 1 amide bonds. The quantitative estimate of drug-likeness (QED) is 0.582. The highest BCUT2D eigenvalue weighted by molar-refractivity contribution is 5.98. The van der Waals surface area contributed by atoms with Crippen molar-refractivity contribution in [1.82, 2.24) is 5.32 Å². The molecule has 1 aliphatic carbocycles. The lowest BCUT2D eigenvalue weighted by molar-refractivity contribution is -0.157. The Morgan fingerprint density at radius 2 is 1.67 bits per heavy atom. The summed E-state index contributed by atoms with van der Waals surface area (Å²) in [4.78, 5) is 37.4. The van der Waals surface area contributed by atoms with Crippen molar-refractivity contribution >= 4 is 17.7 Å². The molecule has 1 saturated carbocycles. The maximum Gasteiger partial charge on any atom is 0.313 e. The zero-order valence-corrected chi connectivity index (χ0v) is 16.9. The lowest BCUT2D eigenvalue weighted by Gasteiger charge is -2.28. The SMILES string of the molecule is CCc1ccc(C(=O)COC(=O)C2(CC(=O)NC(C)(C)C)CCCC2)cc1. The molecule has 1 aromatic carbocycles. The Morgan fingerprint density at radius 3 is 2.19 bits per heavy atom. The summed E-state index contributed by atoms with van der Waals surface area (Å²) < 4.78 is 5.36. The molecule has 2 rings (SSSR count). The molecule has 0 spiro atoms. The van der Waals surface area contributed by atoms with Crippen molar-refractivity contribution in [1.29, 1.82) is 0 Å². The maximum atomic E-state index is 12.8. The zero-order valence-electron chi connectivity index (χ0n) is 16.9. The van der Waals surface area contributed by atoms with Gasteiger partial charge in [-0.25, -0.2) is 0 Å². The van der Waals surface area contributed by atoms with Crippen molar-refractivity contribution < 1.29 is 19.1 Å². The number of carbonyl (C=O) groups is 3. The molecule has 0 heterocycles. The van der Waals surface area contributed by atoms with E-state index in [1.54, 1.807) is 12.1 Å². The molecule has 0 unspecified atom stereocenters. The van der Waals surface area contributed by atoms with E-state index in [9.17, 15) is 14.4 Å². The molecule has 0 atom stereocenters. The van der Waals surface area contributed by atoms with Crippen molar-refractivity contribution in [2.45, 2.75) is 71.8 Å². The number of amides is 1. The number of ether oxygens (including phenoxy) is 1. The molecule has 0 bridgehead atoms. The predicted octanol–water partition coefficient (Wildman–Crippen LogP) is 3.84. The van der Waals surface area contributed by atoms with Crippen LogP contribution < -0.4 is 5.32 Å². The molecule has 1 N–H and O–H groups in total. The second-order valence-electron chi connectivity index (χ2n) is 8.51. The van der Waals surface area contributed by atoms with Crippen LogP contribution >= 0.6 is 0 Å². The Balaban J connectivity index is 1.98. The second-order valence-corrected chi connectivity index (χ2v) is 8.51. The normalized spacial score (nSPS) is 16.0. The first-order chi connectivity index (χ1) is 12.6. The molecular weight excluding hydrogens is 342 g/mol. The fourth-order valence-corrected chi connectivity index (χ4v) is 3.57. The van der Waals surface area contributed by atoms with Crippen LogP contribution in [0.3, 0.4) is 0 Å². The largest absolute Gasteiger partial charge is 0.457 e. The van der Waals surface area contributed by atoms with Gasteiger partial charge in [0.05, 0.1) is 5.41 Å². The number of nitrogens with one attached hydrogen (secondary N) is 1. The van der Waals surface area contributed by atoms with E-state index in [1.807, 2.05) is 32.9 Å².